The maximum atomic E-state index is 11.0. The molecule has 3 rings (SSSR count). The summed E-state index contributed by atoms with van der Waals surface area (Å²) in [4.78, 5) is 11.0. The number of rotatable bonds is 5. The molecule has 0 radical (unpaired) electrons. The van der Waals surface area contributed by atoms with Gasteiger partial charge in [0.15, 0.2) is 0 Å². The van der Waals surface area contributed by atoms with E-state index in [1.54, 1.807) is 24.3 Å². The van der Waals surface area contributed by atoms with Crippen LogP contribution in [0.1, 0.15) is 12.1 Å². The zero-order valence-corrected chi connectivity index (χ0v) is 14.6. The van der Waals surface area contributed by atoms with Crippen LogP contribution < -0.4 is 0 Å². The summed E-state index contributed by atoms with van der Waals surface area (Å²) in [5.41, 5.74) is 2.98. The number of aliphatic carboxylic acids is 1. The Morgan fingerprint density at radius 2 is 1.64 bits per heavy atom. The van der Waals surface area contributed by atoms with Gasteiger partial charge < -0.3 is 14.8 Å². The van der Waals surface area contributed by atoms with E-state index in [2.05, 4.69) is 0 Å². The van der Waals surface area contributed by atoms with Crippen molar-refractivity contribution in [1.82, 2.24) is 4.57 Å². The molecule has 0 spiro atoms. The maximum Gasteiger partial charge on any atom is 0.303 e. The lowest BCUT2D eigenvalue weighted by atomic mass is 10.1. The first-order valence-corrected chi connectivity index (χ1v) is 8.38. The summed E-state index contributed by atoms with van der Waals surface area (Å²) in [6.07, 6.45) is 0.320. The van der Waals surface area contributed by atoms with Crippen molar-refractivity contribution in [3.63, 3.8) is 0 Å². The minimum absolute atomic E-state index is 0.00853. The fourth-order valence-corrected chi connectivity index (χ4v) is 3.01. The van der Waals surface area contributed by atoms with Crippen LogP contribution in [-0.2, 0) is 11.2 Å². The smallest absolute Gasteiger partial charge is 0.303 e. The molecule has 0 saturated heterocycles. The highest BCUT2D eigenvalue weighted by molar-refractivity contribution is 6.31. The number of aryl methyl sites for hydroxylation is 1. The van der Waals surface area contributed by atoms with Gasteiger partial charge in [-0.15, -0.1) is 0 Å². The van der Waals surface area contributed by atoms with Gasteiger partial charge in [-0.2, -0.15) is 0 Å². The Morgan fingerprint density at radius 1 is 0.960 bits per heavy atom. The zero-order chi connectivity index (χ0) is 18.0. The predicted molar refractivity (Wildman–Crippen MR) is 98.8 cm³/mol. The van der Waals surface area contributed by atoms with Crippen LogP contribution in [0, 0.1) is 0 Å². The third kappa shape index (κ3) is 3.81. The third-order valence-corrected chi connectivity index (χ3v) is 4.36. The summed E-state index contributed by atoms with van der Waals surface area (Å²) in [6.45, 7) is 0. The van der Waals surface area contributed by atoms with E-state index in [4.69, 9.17) is 28.3 Å². The second-order valence-electron chi connectivity index (χ2n) is 5.58. The summed E-state index contributed by atoms with van der Waals surface area (Å²) >= 11 is 12.1. The summed E-state index contributed by atoms with van der Waals surface area (Å²) in [7, 11) is 0. The van der Waals surface area contributed by atoms with Crippen molar-refractivity contribution in [2.45, 2.75) is 12.8 Å². The van der Waals surface area contributed by atoms with Crippen molar-refractivity contribution in [2.75, 3.05) is 0 Å². The molecule has 0 atom stereocenters. The lowest BCUT2D eigenvalue weighted by Crippen LogP contribution is -2.05. The van der Waals surface area contributed by atoms with E-state index >= 15 is 0 Å². The van der Waals surface area contributed by atoms with Gasteiger partial charge in [0.1, 0.15) is 5.75 Å². The second kappa shape index (κ2) is 7.21. The molecular formula is C19H15Cl2NO3. The molecule has 0 aliphatic carbocycles. The van der Waals surface area contributed by atoms with E-state index in [9.17, 15) is 9.90 Å². The highest BCUT2D eigenvalue weighted by Gasteiger charge is 2.16. The predicted octanol–water partition coefficient (Wildman–Crippen LogP) is 5.17. The van der Waals surface area contributed by atoms with Gasteiger partial charge >= 0.3 is 5.97 Å². The molecular weight excluding hydrogens is 361 g/mol. The molecule has 2 N–H and O–H groups in total. The molecule has 0 bridgehead atoms. The summed E-state index contributed by atoms with van der Waals surface area (Å²) in [5, 5.41) is 20.4. The molecule has 0 aliphatic rings. The van der Waals surface area contributed by atoms with E-state index in [0.717, 1.165) is 17.0 Å². The van der Waals surface area contributed by atoms with Crippen LogP contribution in [0.25, 0.3) is 16.9 Å². The maximum absolute atomic E-state index is 11.0. The number of carbonyl (C=O) groups is 1. The highest BCUT2D eigenvalue weighted by atomic mass is 35.5. The first kappa shape index (κ1) is 17.4. The van der Waals surface area contributed by atoms with Gasteiger partial charge in [-0.1, -0.05) is 35.3 Å². The van der Waals surface area contributed by atoms with Crippen molar-refractivity contribution in [2.24, 2.45) is 0 Å². The van der Waals surface area contributed by atoms with Crippen LogP contribution in [0.15, 0.2) is 54.6 Å². The number of halogens is 2. The number of aromatic hydroxyl groups is 1. The van der Waals surface area contributed by atoms with Crippen molar-refractivity contribution < 1.29 is 15.0 Å². The Balaban J connectivity index is 2.17. The largest absolute Gasteiger partial charge is 0.506 e. The van der Waals surface area contributed by atoms with Crippen LogP contribution in [0.4, 0.5) is 0 Å². The standard InChI is InChI=1S/C19H15Cl2NO3/c20-13-3-1-12(2-4-13)16-8-6-15(7-10-19(24)25)22(16)17-11-14(21)5-9-18(17)23/h1-6,8-9,11,23H,7,10H2,(H,24,25). The first-order chi connectivity index (χ1) is 12.0. The summed E-state index contributed by atoms with van der Waals surface area (Å²) in [6, 6.07) is 15.8. The lowest BCUT2D eigenvalue weighted by molar-refractivity contribution is -0.136. The van der Waals surface area contributed by atoms with Gasteiger partial charge in [0.25, 0.3) is 0 Å². The molecule has 0 saturated carbocycles. The van der Waals surface area contributed by atoms with Crippen molar-refractivity contribution in [3.8, 4) is 22.7 Å². The van der Waals surface area contributed by atoms with Crippen LogP contribution in [-0.4, -0.2) is 20.7 Å². The first-order valence-electron chi connectivity index (χ1n) is 7.63. The molecule has 1 aromatic heterocycles. The van der Waals surface area contributed by atoms with Crippen molar-refractivity contribution in [3.05, 3.63) is 70.3 Å². The Kier molecular flexibility index (Phi) is 5.02. The number of phenols is 1. The fraction of sp³-hybridized carbons (Fsp3) is 0.105. The van der Waals surface area contributed by atoms with Gasteiger partial charge in [0.2, 0.25) is 0 Å². The molecule has 4 nitrogen and oxygen atoms in total. The van der Waals surface area contributed by atoms with Crippen LogP contribution in [0.2, 0.25) is 10.0 Å². The number of phenolic OH excluding ortho intramolecular Hbond substituents is 1. The van der Waals surface area contributed by atoms with Gasteiger partial charge in [-0.05, 0) is 54.4 Å². The molecule has 0 unspecified atom stereocenters. The van der Waals surface area contributed by atoms with Gasteiger partial charge in [0, 0.05) is 15.7 Å². The number of aromatic nitrogens is 1. The molecule has 128 valence electrons. The van der Waals surface area contributed by atoms with Crippen LogP contribution >= 0.6 is 23.2 Å². The Labute approximate surface area is 154 Å². The number of benzene rings is 2. The fourth-order valence-electron chi connectivity index (χ4n) is 2.72. The highest BCUT2D eigenvalue weighted by Crippen LogP contribution is 2.33. The summed E-state index contributed by atoms with van der Waals surface area (Å²) in [5.74, 6) is -0.816. The quantitative estimate of drug-likeness (QED) is 0.646. The Bertz CT molecular complexity index is 917. The molecule has 6 heteroatoms. The molecule has 2 aromatic carbocycles. The van der Waals surface area contributed by atoms with Gasteiger partial charge in [-0.25, -0.2) is 0 Å². The van der Waals surface area contributed by atoms with Crippen LogP contribution in [0.3, 0.4) is 0 Å². The third-order valence-electron chi connectivity index (χ3n) is 3.88. The van der Waals surface area contributed by atoms with E-state index in [1.807, 2.05) is 28.8 Å². The van der Waals surface area contributed by atoms with E-state index in [1.165, 1.54) is 6.07 Å². The Hall–Kier alpha value is -2.43. The van der Waals surface area contributed by atoms with Gasteiger partial charge in [0.05, 0.1) is 17.8 Å². The number of hydrogen-bond acceptors (Lipinski definition) is 2. The lowest BCUT2D eigenvalue weighted by Gasteiger charge is -2.15. The van der Waals surface area contributed by atoms with Crippen molar-refractivity contribution in [1.29, 1.82) is 0 Å². The average Bonchev–Trinajstić information content (AvgIpc) is 2.99. The second-order valence-corrected chi connectivity index (χ2v) is 6.45. The SMILES string of the molecule is O=C(O)CCc1ccc(-c2ccc(Cl)cc2)n1-c1cc(Cl)ccc1O. The number of nitrogens with zero attached hydrogens (tertiary/aromatic N) is 1. The molecule has 0 fully saturated rings. The van der Waals surface area contributed by atoms with E-state index in [0.29, 0.717) is 22.2 Å². The monoisotopic (exact) mass is 375 g/mol. The van der Waals surface area contributed by atoms with Crippen LogP contribution in [0.5, 0.6) is 5.75 Å². The normalized spacial score (nSPS) is 10.8. The number of carboxylic acid groups (broad SMARTS) is 1. The molecule has 1 heterocycles. The topological polar surface area (TPSA) is 62.5 Å². The molecule has 0 aliphatic heterocycles. The average molecular weight is 376 g/mol. The molecule has 3 aromatic rings. The zero-order valence-electron chi connectivity index (χ0n) is 13.1. The molecule has 25 heavy (non-hydrogen) atoms. The van der Waals surface area contributed by atoms with E-state index < -0.39 is 5.97 Å². The van der Waals surface area contributed by atoms with Gasteiger partial charge in [-0.3, -0.25) is 4.79 Å². The van der Waals surface area contributed by atoms with E-state index in [-0.39, 0.29) is 12.2 Å². The Morgan fingerprint density at radius 3 is 2.32 bits per heavy atom. The molecule has 0 amide bonds. The summed E-state index contributed by atoms with van der Waals surface area (Å²) < 4.78 is 1.83. The minimum atomic E-state index is -0.879. The number of carboxylic acids is 1. The van der Waals surface area contributed by atoms with Crippen molar-refractivity contribution >= 4 is 29.2 Å². The minimum Gasteiger partial charge on any atom is -0.506 e. The number of hydrogen-bond donors (Lipinski definition) is 2.